The van der Waals surface area contributed by atoms with Crippen LogP contribution in [-0.2, 0) is 4.79 Å². The van der Waals surface area contributed by atoms with Crippen molar-refractivity contribution < 1.29 is 9.59 Å². The summed E-state index contributed by atoms with van der Waals surface area (Å²) in [5.74, 6) is 0.326. The zero-order valence-corrected chi connectivity index (χ0v) is 15.9. The van der Waals surface area contributed by atoms with E-state index in [-0.39, 0.29) is 17.9 Å². The Morgan fingerprint density at radius 1 is 0.786 bits per heavy atom. The summed E-state index contributed by atoms with van der Waals surface area (Å²) in [6.07, 6.45) is 3.17. The number of para-hydroxylation sites is 1. The molecule has 6 nitrogen and oxygen atoms in total. The van der Waals surface area contributed by atoms with Crippen molar-refractivity contribution in [3.05, 3.63) is 54.6 Å². The summed E-state index contributed by atoms with van der Waals surface area (Å²) in [5.41, 5.74) is 2.78. The molecule has 6 heteroatoms. The second kappa shape index (κ2) is 8.33. The summed E-state index contributed by atoms with van der Waals surface area (Å²) >= 11 is 0. The molecule has 1 saturated carbocycles. The van der Waals surface area contributed by atoms with Crippen LogP contribution in [0.25, 0.3) is 0 Å². The molecule has 0 atom stereocenters. The van der Waals surface area contributed by atoms with Crippen LogP contribution in [0.15, 0.2) is 54.6 Å². The minimum atomic E-state index is -0.0556. The van der Waals surface area contributed by atoms with Gasteiger partial charge in [-0.1, -0.05) is 24.6 Å². The molecule has 2 aromatic rings. The number of piperazine rings is 1. The van der Waals surface area contributed by atoms with E-state index in [0.717, 1.165) is 49.4 Å². The third-order valence-electron chi connectivity index (χ3n) is 5.57. The fourth-order valence-corrected chi connectivity index (χ4v) is 3.56. The molecule has 1 saturated heterocycles. The van der Waals surface area contributed by atoms with Crippen molar-refractivity contribution in [1.29, 1.82) is 0 Å². The number of amides is 3. The lowest BCUT2D eigenvalue weighted by molar-refractivity contribution is -0.122. The largest absolute Gasteiger partial charge is 0.368 e. The second-order valence-corrected chi connectivity index (χ2v) is 7.43. The maximum atomic E-state index is 12.4. The van der Waals surface area contributed by atoms with Crippen LogP contribution in [0.1, 0.15) is 19.3 Å². The Morgan fingerprint density at radius 2 is 1.43 bits per heavy atom. The molecule has 1 aliphatic heterocycles. The van der Waals surface area contributed by atoms with E-state index in [0.29, 0.717) is 13.1 Å². The Balaban J connectivity index is 1.27. The van der Waals surface area contributed by atoms with Gasteiger partial charge in [0.2, 0.25) is 5.91 Å². The van der Waals surface area contributed by atoms with E-state index in [1.165, 1.54) is 0 Å². The van der Waals surface area contributed by atoms with Gasteiger partial charge < -0.3 is 20.4 Å². The van der Waals surface area contributed by atoms with E-state index < -0.39 is 0 Å². The van der Waals surface area contributed by atoms with Gasteiger partial charge in [0.05, 0.1) is 0 Å². The third-order valence-corrected chi connectivity index (χ3v) is 5.57. The third kappa shape index (κ3) is 4.27. The van der Waals surface area contributed by atoms with Crippen LogP contribution in [0.3, 0.4) is 0 Å². The Morgan fingerprint density at radius 3 is 2.04 bits per heavy atom. The number of nitrogens with one attached hydrogen (secondary N) is 2. The fraction of sp³-hybridized carbons (Fsp3) is 0.364. The van der Waals surface area contributed by atoms with Crippen LogP contribution < -0.4 is 15.5 Å². The van der Waals surface area contributed by atoms with Crippen molar-refractivity contribution in [2.75, 3.05) is 41.7 Å². The number of hydrogen-bond acceptors (Lipinski definition) is 3. The highest BCUT2D eigenvalue weighted by molar-refractivity contribution is 5.93. The molecule has 28 heavy (non-hydrogen) atoms. The summed E-state index contributed by atoms with van der Waals surface area (Å²) in [7, 11) is 0. The zero-order chi connectivity index (χ0) is 19.3. The van der Waals surface area contributed by atoms with E-state index in [9.17, 15) is 9.59 Å². The number of benzene rings is 2. The van der Waals surface area contributed by atoms with Crippen molar-refractivity contribution in [2.24, 2.45) is 5.92 Å². The van der Waals surface area contributed by atoms with Gasteiger partial charge in [-0.05, 0) is 49.2 Å². The van der Waals surface area contributed by atoms with Gasteiger partial charge in [0, 0.05) is 49.2 Å². The number of anilines is 3. The number of rotatable bonds is 4. The molecule has 2 fully saturated rings. The molecule has 2 N–H and O–H groups in total. The summed E-state index contributed by atoms with van der Waals surface area (Å²) in [4.78, 5) is 28.6. The first-order chi connectivity index (χ1) is 13.7. The molecule has 146 valence electrons. The van der Waals surface area contributed by atoms with Gasteiger partial charge >= 0.3 is 6.03 Å². The van der Waals surface area contributed by atoms with Crippen molar-refractivity contribution in [1.82, 2.24) is 4.90 Å². The smallest absolute Gasteiger partial charge is 0.321 e. The summed E-state index contributed by atoms with van der Waals surface area (Å²) in [6, 6.07) is 17.5. The Kier molecular flexibility index (Phi) is 5.46. The predicted octanol–water partition coefficient (Wildman–Crippen LogP) is 3.78. The zero-order valence-electron chi connectivity index (χ0n) is 15.9. The minimum Gasteiger partial charge on any atom is -0.368 e. The average Bonchev–Trinajstić information content (AvgIpc) is 2.68. The first-order valence-corrected chi connectivity index (χ1v) is 9.96. The summed E-state index contributed by atoms with van der Waals surface area (Å²) in [6.45, 7) is 2.93. The van der Waals surface area contributed by atoms with Crippen molar-refractivity contribution in [3.63, 3.8) is 0 Å². The fourth-order valence-electron chi connectivity index (χ4n) is 3.56. The van der Waals surface area contributed by atoms with Crippen LogP contribution in [0, 0.1) is 5.92 Å². The molecule has 0 radical (unpaired) electrons. The summed E-state index contributed by atoms with van der Waals surface area (Å²) < 4.78 is 0. The molecule has 2 aromatic carbocycles. The molecular weight excluding hydrogens is 352 g/mol. The standard InChI is InChI=1S/C22H26N4O2/c27-21(17-5-4-6-17)23-19-9-11-20(12-10-19)25-13-15-26(16-14-25)22(28)24-18-7-2-1-3-8-18/h1-3,7-12,17H,4-6,13-16H2,(H,23,27)(H,24,28). The van der Waals surface area contributed by atoms with Crippen LogP contribution in [0.2, 0.25) is 0 Å². The Labute approximate surface area is 165 Å². The van der Waals surface area contributed by atoms with Gasteiger partial charge in [-0.15, -0.1) is 0 Å². The monoisotopic (exact) mass is 378 g/mol. The molecule has 2 aliphatic rings. The highest BCUT2D eigenvalue weighted by Gasteiger charge is 2.25. The highest BCUT2D eigenvalue weighted by Crippen LogP contribution is 2.28. The predicted molar refractivity (Wildman–Crippen MR) is 112 cm³/mol. The molecule has 0 bridgehead atoms. The van der Waals surface area contributed by atoms with Gasteiger partial charge in [-0.3, -0.25) is 4.79 Å². The SMILES string of the molecule is O=C(Nc1ccc(N2CCN(C(=O)Nc3ccccc3)CC2)cc1)C1CCC1. The number of carbonyl (C=O) groups is 2. The molecule has 0 unspecified atom stereocenters. The molecule has 1 heterocycles. The Bertz CT molecular complexity index is 810. The van der Waals surface area contributed by atoms with Crippen LogP contribution in [-0.4, -0.2) is 43.0 Å². The van der Waals surface area contributed by atoms with Gasteiger partial charge in [0.15, 0.2) is 0 Å². The first kappa shape index (κ1) is 18.3. The second-order valence-electron chi connectivity index (χ2n) is 7.43. The van der Waals surface area contributed by atoms with Crippen molar-refractivity contribution in [3.8, 4) is 0 Å². The van der Waals surface area contributed by atoms with E-state index in [1.807, 2.05) is 59.5 Å². The van der Waals surface area contributed by atoms with E-state index in [2.05, 4.69) is 15.5 Å². The molecule has 4 rings (SSSR count). The van der Waals surface area contributed by atoms with Crippen LogP contribution in [0.5, 0.6) is 0 Å². The van der Waals surface area contributed by atoms with E-state index >= 15 is 0 Å². The normalized spacial score (nSPS) is 17.0. The Hall–Kier alpha value is -3.02. The molecule has 1 aliphatic carbocycles. The maximum absolute atomic E-state index is 12.4. The van der Waals surface area contributed by atoms with E-state index in [1.54, 1.807) is 0 Å². The van der Waals surface area contributed by atoms with Gasteiger partial charge in [-0.2, -0.15) is 0 Å². The number of nitrogens with zero attached hydrogens (tertiary/aromatic N) is 2. The molecule has 0 aromatic heterocycles. The first-order valence-electron chi connectivity index (χ1n) is 9.96. The van der Waals surface area contributed by atoms with Crippen LogP contribution in [0.4, 0.5) is 21.9 Å². The van der Waals surface area contributed by atoms with Gasteiger partial charge in [0.25, 0.3) is 0 Å². The number of urea groups is 1. The number of hydrogen-bond donors (Lipinski definition) is 2. The van der Waals surface area contributed by atoms with Crippen molar-refractivity contribution in [2.45, 2.75) is 19.3 Å². The lowest BCUT2D eigenvalue weighted by Crippen LogP contribution is -2.50. The number of carbonyl (C=O) groups excluding carboxylic acids is 2. The topological polar surface area (TPSA) is 64.7 Å². The average molecular weight is 378 g/mol. The quantitative estimate of drug-likeness (QED) is 0.851. The summed E-state index contributed by atoms with van der Waals surface area (Å²) in [5, 5.41) is 5.94. The van der Waals surface area contributed by atoms with Crippen LogP contribution >= 0.6 is 0 Å². The molecule has 0 spiro atoms. The van der Waals surface area contributed by atoms with E-state index in [4.69, 9.17) is 0 Å². The van der Waals surface area contributed by atoms with Crippen molar-refractivity contribution >= 4 is 29.0 Å². The van der Waals surface area contributed by atoms with Gasteiger partial charge in [-0.25, -0.2) is 4.79 Å². The lowest BCUT2D eigenvalue weighted by atomic mass is 9.85. The molecular formula is C22H26N4O2. The van der Waals surface area contributed by atoms with Gasteiger partial charge in [0.1, 0.15) is 0 Å². The lowest BCUT2D eigenvalue weighted by Gasteiger charge is -2.36. The maximum Gasteiger partial charge on any atom is 0.321 e. The molecule has 3 amide bonds. The highest BCUT2D eigenvalue weighted by atomic mass is 16.2. The minimum absolute atomic E-state index is 0.0556.